The number of aromatic nitrogens is 1. The Bertz CT molecular complexity index is 902. The number of sulfone groups is 1. The summed E-state index contributed by atoms with van der Waals surface area (Å²) in [4.78, 5) is 17.3. The van der Waals surface area contributed by atoms with Crippen molar-refractivity contribution < 1.29 is 17.9 Å². The number of nitrogens with zero attached hydrogens (tertiary/aromatic N) is 1. The van der Waals surface area contributed by atoms with Gasteiger partial charge < -0.3 is 15.4 Å². The van der Waals surface area contributed by atoms with Crippen LogP contribution in [0.3, 0.4) is 0 Å². The van der Waals surface area contributed by atoms with Gasteiger partial charge in [-0.3, -0.25) is 4.79 Å². The molecule has 1 aliphatic heterocycles. The van der Waals surface area contributed by atoms with Crippen LogP contribution in [-0.4, -0.2) is 50.5 Å². The van der Waals surface area contributed by atoms with Gasteiger partial charge in [0, 0.05) is 17.2 Å². The van der Waals surface area contributed by atoms with E-state index in [-0.39, 0.29) is 12.8 Å². The van der Waals surface area contributed by atoms with Crippen LogP contribution in [0.4, 0.5) is 5.13 Å². The molecule has 140 valence electrons. The first-order chi connectivity index (χ1) is 12.4. The SMILES string of the molecule is COc1ccccc1-c1csc(NC(=O)C2(S(C)(=O)=O)CCNCC2)n1. The third-order valence-corrected chi connectivity index (χ3v) is 7.41. The highest BCUT2D eigenvalue weighted by Crippen LogP contribution is 2.33. The summed E-state index contributed by atoms with van der Waals surface area (Å²) in [6.07, 6.45) is 1.63. The number of ether oxygens (including phenoxy) is 1. The van der Waals surface area contributed by atoms with Gasteiger partial charge in [-0.2, -0.15) is 0 Å². The molecule has 0 saturated carbocycles. The Morgan fingerprint density at radius 2 is 2.00 bits per heavy atom. The lowest BCUT2D eigenvalue weighted by molar-refractivity contribution is -0.119. The van der Waals surface area contributed by atoms with Gasteiger partial charge in [-0.1, -0.05) is 12.1 Å². The van der Waals surface area contributed by atoms with E-state index in [0.29, 0.717) is 29.7 Å². The highest BCUT2D eigenvalue weighted by atomic mass is 32.2. The molecule has 1 amide bonds. The lowest BCUT2D eigenvalue weighted by Crippen LogP contribution is -2.55. The maximum absolute atomic E-state index is 12.8. The van der Waals surface area contributed by atoms with Crippen LogP contribution in [0.1, 0.15) is 12.8 Å². The molecule has 2 aromatic rings. The van der Waals surface area contributed by atoms with Crippen LogP contribution < -0.4 is 15.4 Å². The van der Waals surface area contributed by atoms with E-state index in [1.54, 1.807) is 7.11 Å². The highest BCUT2D eigenvalue weighted by molar-refractivity contribution is 7.92. The number of hydrogen-bond donors (Lipinski definition) is 2. The number of hydrogen-bond acceptors (Lipinski definition) is 7. The zero-order valence-electron chi connectivity index (χ0n) is 14.6. The average molecular weight is 396 g/mol. The summed E-state index contributed by atoms with van der Waals surface area (Å²) in [6.45, 7) is 0.982. The van der Waals surface area contributed by atoms with Crippen LogP contribution in [0.25, 0.3) is 11.3 Å². The molecule has 9 heteroatoms. The zero-order valence-corrected chi connectivity index (χ0v) is 16.2. The van der Waals surface area contributed by atoms with Crippen molar-refractivity contribution in [1.29, 1.82) is 0 Å². The number of carbonyl (C=O) groups is 1. The summed E-state index contributed by atoms with van der Waals surface area (Å²) in [5.41, 5.74) is 1.48. The van der Waals surface area contributed by atoms with E-state index >= 15 is 0 Å². The van der Waals surface area contributed by atoms with E-state index in [2.05, 4.69) is 15.6 Å². The van der Waals surface area contributed by atoms with E-state index < -0.39 is 20.5 Å². The van der Waals surface area contributed by atoms with E-state index in [1.807, 2.05) is 29.6 Å². The number of nitrogens with one attached hydrogen (secondary N) is 2. The molecule has 2 heterocycles. The predicted molar refractivity (Wildman–Crippen MR) is 102 cm³/mol. The van der Waals surface area contributed by atoms with Gasteiger partial charge in [0.1, 0.15) is 5.75 Å². The second-order valence-corrected chi connectivity index (χ2v) is 9.39. The molecule has 26 heavy (non-hydrogen) atoms. The Balaban J connectivity index is 1.85. The van der Waals surface area contributed by atoms with Crippen LogP contribution in [-0.2, 0) is 14.6 Å². The summed E-state index contributed by atoms with van der Waals surface area (Å²) in [7, 11) is -1.97. The van der Waals surface area contributed by atoms with Crippen molar-refractivity contribution in [2.45, 2.75) is 17.6 Å². The fraction of sp³-hybridized carbons (Fsp3) is 0.412. The molecule has 0 atom stereocenters. The third kappa shape index (κ3) is 3.46. The van der Waals surface area contributed by atoms with Crippen molar-refractivity contribution in [3.63, 3.8) is 0 Å². The minimum atomic E-state index is -3.56. The molecule has 0 spiro atoms. The van der Waals surface area contributed by atoms with Crippen molar-refractivity contribution in [2.75, 3.05) is 31.8 Å². The number of methoxy groups -OCH3 is 1. The zero-order chi connectivity index (χ0) is 18.8. The standard InChI is InChI=1S/C17H21N3O4S2/c1-24-14-6-4-3-5-12(14)13-11-25-16(19-13)20-15(21)17(26(2,22)23)7-9-18-10-8-17/h3-6,11,18H,7-10H2,1-2H3,(H,19,20,21). The number of piperidine rings is 1. The van der Waals surface area contributed by atoms with E-state index in [4.69, 9.17) is 4.74 Å². The molecule has 1 fully saturated rings. The molecule has 7 nitrogen and oxygen atoms in total. The average Bonchev–Trinajstić information content (AvgIpc) is 3.09. The Kier molecular flexibility index (Phi) is 5.31. The second kappa shape index (κ2) is 7.34. The van der Waals surface area contributed by atoms with Gasteiger partial charge in [0.25, 0.3) is 0 Å². The van der Waals surface area contributed by atoms with Crippen LogP contribution in [0.2, 0.25) is 0 Å². The normalized spacial score (nSPS) is 16.8. The molecule has 1 saturated heterocycles. The maximum atomic E-state index is 12.8. The first-order valence-corrected chi connectivity index (χ1v) is 11.0. The fourth-order valence-corrected chi connectivity index (χ4v) is 5.16. The number of anilines is 1. The summed E-state index contributed by atoms with van der Waals surface area (Å²) in [5.74, 6) is 0.170. The first-order valence-electron chi connectivity index (χ1n) is 8.18. The topological polar surface area (TPSA) is 97.4 Å². The van der Waals surface area contributed by atoms with Crippen molar-refractivity contribution >= 4 is 32.2 Å². The van der Waals surface area contributed by atoms with Gasteiger partial charge in [0.2, 0.25) is 5.91 Å². The van der Waals surface area contributed by atoms with Crippen LogP contribution in [0.5, 0.6) is 5.75 Å². The van der Waals surface area contributed by atoms with Crippen molar-refractivity contribution in [3.05, 3.63) is 29.6 Å². The van der Waals surface area contributed by atoms with Crippen molar-refractivity contribution in [2.24, 2.45) is 0 Å². The third-order valence-electron chi connectivity index (χ3n) is 4.64. The quantitative estimate of drug-likeness (QED) is 0.803. The summed E-state index contributed by atoms with van der Waals surface area (Å²) in [6, 6.07) is 7.46. The molecule has 3 rings (SSSR count). The number of rotatable bonds is 5. The number of thiazole rings is 1. The smallest absolute Gasteiger partial charge is 0.247 e. The minimum absolute atomic E-state index is 0.252. The second-order valence-electron chi connectivity index (χ2n) is 6.21. The van der Waals surface area contributed by atoms with Gasteiger partial charge in [0.15, 0.2) is 19.7 Å². The van der Waals surface area contributed by atoms with Crippen molar-refractivity contribution in [1.82, 2.24) is 10.3 Å². The summed E-state index contributed by atoms with van der Waals surface area (Å²) >= 11 is 1.26. The first kappa shape index (κ1) is 18.8. The van der Waals surface area contributed by atoms with Gasteiger partial charge >= 0.3 is 0 Å². The van der Waals surface area contributed by atoms with E-state index in [9.17, 15) is 13.2 Å². The lowest BCUT2D eigenvalue weighted by atomic mass is 9.96. The molecular weight excluding hydrogens is 374 g/mol. The van der Waals surface area contributed by atoms with Crippen LogP contribution in [0, 0.1) is 0 Å². The maximum Gasteiger partial charge on any atom is 0.247 e. The minimum Gasteiger partial charge on any atom is -0.496 e. The van der Waals surface area contributed by atoms with E-state index in [0.717, 1.165) is 11.8 Å². The monoisotopic (exact) mass is 395 g/mol. The Morgan fingerprint density at radius 1 is 1.31 bits per heavy atom. The van der Waals surface area contributed by atoms with Crippen molar-refractivity contribution in [3.8, 4) is 17.0 Å². The largest absolute Gasteiger partial charge is 0.496 e. The molecule has 0 radical (unpaired) electrons. The predicted octanol–water partition coefficient (Wildman–Crippen LogP) is 1.92. The molecule has 1 aliphatic rings. The number of carbonyl (C=O) groups excluding carboxylic acids is 1. The molecular formula is C17H21N3O4S2. The summed E-state index contributed by atoms with van der Waals surface area (Å²) in [5, 5.41) is 7.99. The Labute approximate surface area is 156 Å². The summed E-state index contributed by atoms with van der Waals surface area (Å²) < 4.78 is 28.6. The molecule has 1 aromatic carbocycles. The number of para-hydroxylation sites is 1. The number of amides is 1. The van der Waals surface area contributed by atoms with Gasteiger partial charge in [-0.05, 0) is 38.1 Å². The highest BCUT2D eigenvalue weighted by Gasteiger charge is 2.48. The molecule has 1 aromatic heterocycles. The Morgan fingerprint density at radius 3 is 2.65 bits per heavy atom. The van der Waals surface area contributed by atoms with E-state index in [1.165, 1.54) is 11.3 Å². The van der Waals surface area contributed by atoms with Gasteiger partial charge in [-0.25, -0.2) is 13.4 Å². The van der Waals surface area contributed by atoms with Gasteiger partial charge in [-0.15, -0.1) is 11.3 Å². The lowest BCUT2D eigenvalue weighted by Gasteiger charge is -2.33. The fourth-order valence-electron chi connectivity index (χ4n) is 3.12. The van der Waals surface area contributed by atoms with Crippen LogP contribution in [0.15, 0.2) is 29.6 Å². The molecule has 0 unspecified atom stereocenters. The van der Waals surface area contributed by atoms with Crippen LogP contribution >= 0.6 is 11.3 Å². The van der Waals surface area contributed by atoms with Gasteiger partial charge in [0.05, 0.1) is 12.8 Å². The Hall–Kier alpha value is -1.97. The molecule has 2 N–H and O–H groups in total. The molecule has 0 aliphatic carbocycles. The number of benzene rings is 1. The molecule has 0 bridgehead atoms.